The summed E-state index contributed by atoms with van der Waals surface area (Å²) in [6, 6.07) is 7.34. The molecule has 0 radical (unpaired) electrons. The molecule has 2 unspecified atom stereocenters. The molecule has 0 saturated heterocycles. The molecule has 0 spiro atoms. The fourth-order valence-electron chi connectivity index (χ4n) is 4.30. The second kappa shape index (κ2) is 8.33. The number of nitrogens with one attached hydrogen (secondary N) is 1. The van der Waals surface area contributed by atoms with Gasteiger partial charge >= 0.3 is 0 Å². The van der Waals surface area contributed by atoms with Crippen LogP contribution in [0.3, 0.4) is 0 Å². The van der Waals surface area contributed by atoms with Gasteiger partial charge < -0.3 is 4.98 Å². The van der Waals surface area contributed by atoms with E-state index in [0.717, 1.165) is 29.5 Å². The van der Waals surface area contributed by atoms with Crippen molar-refractivity contribution in [2.45, 2.75) is 50.1 Å². The molecule has 164 valence electrons. The number of benzene rings is 1. The van der Waals surface area contributed by atoms with Crippen molar-refractivity contribution in [2.75, 3.05) is 0 Å². The molecule has 32 heavy (non-hydrogen) atoms. The summed E-state index contributed by atoms with van der Waals surface area (Å²) in [5.41, 5.74) is 1.67. The fourth-order valence-corrected chi connectivity index (χ4v) is 6.67. The van der Waals surface area contributed by atoms with Crippen LogP contribution in [0.25, 0.3) is 21.1 Å². The van der Waals surface area contributed by atoms with Gasteiger partial charge in [0.15, 0.2) is 5.16 Å². The molecule has 4 aromatic rings. The van der Waals surface area contributed by atoms with Gasteiger partial charge in [0.25, 0.3) is 11.1 Å². The molecule has 8 heteroatoms. The van der Waals surface area contributed by atoms with Gasteiger partial charge in [-0.25, -0.2) is 9.97 Å². The van der Waals surface area contributed by atoms with Crippen LogP contribution >= 0.6 is 23.1 Å². The van der Waals surface area contributed by atoms with Gasteiger partial charge in [-0.1, -0.05) is 36.9 Å². The molecule has 5 rings (SSSR count). The van der Waals surface area contributed by atoms with Crippen molar-refractivity contribution in [3.8, 4) is 0 Å². The minimum atomic E-state index is -0.186. The number of nitrogens with zero attached hydrogens (tertiary/aromatic N) is 3. The number of para-hydroxylation sites is 1. The zero-order valence-corrected chi connectivity index (χ0v) is 19.7. The van der Waals surface area contributed by atoms with Crippen LogP contribution in [0.2, 0.25) is 0 Å². The van der Waals surface area contributed by atoms with Crippen LogP contribution in [0.15, 0.2) is 51.7 Å². The molecule has 2 atom stereocenters. The van der Waals surface area contributed by atoms with Crippen LogP contribution in [0.1, 0.15) is 41.8 Å². The molecule has 0 saturated carbocycles. The van der Waals surface area contributed by atoms with E-state index in [9.17, 15) is 9.59 Å². The van der Waals surface area contributed by atoms with E-state index in [4.69, 9.17) is 9.97 Å². The summed E-state index contributed by atoms with van der Waals surface area (Å²) in [6.07, 6.45) is 4.76. The number of aryl methyl sites for hydroxylation is 1. The predicted octanol–water partition coefficient (Wildman–Crippen LogP) is 4.86. The van der Waals surface area contributed by atoms with E-state index in [2.05, 4.69) is 18.5 Å². The summed E-state index contributed by atoms with van der Waals surface area (Å²) in [4.78, 5) is 40.7. The maximum Gasteiger partial charge on any atom is 0.262 e. The zero-order valence-electron chi connectivity index (χ0n) is 18.1. The quantitative estimate of drug-likeness (QED) is 0.259. The van der Waals surface area contributed by atoms with E-state index in [0.29, 0.717) is 34.3 Å². The Hall–Kier alpha value is -2.71. The summed E-state index contributed by atoms with van der Waals surface area (Å²) in [5.74, 6) is 1.25. The molecule has 0 amide bonds. The number of allylic oxidation sites excluding steroid dienone is 1. The predicted molar refractivity (Wildman–Crippen MR) is 132 cm³/mol. The molecule has 1 N–H and O–H groups in total. The van der Waals surface area contributed by atoms with Crippen molar-refractivity contribution >= 4 is 44.2 Å². The Morgan fingerprint density at radius 2 is 2.16 bits per heavy atom. The highest BCUT2D eigenvalue weighted by Gasteiger charge is 2.24. The third-order valence-electron chi connectivity index (χ3n) is 5.99. The van der Waals surface area contributed by atoms with Crippen molar-refractivity contribution in [3.05, 3.63) is 73.9 Å². The van der Waals surface area contributed by atoms with E-state index in [1.165, 1.54) is 22.2 Å². The third kappa shape index (κ3) is 3.61. The van der Waals surface area contributed by atoms with Gasteiger partial charge in [-0.3, -0.25) is 14.2 Å². The molecular weight excluding hydrogens is 440 g/mol. The van der Waals surface area contributed by atoms with Gasteiger partial charge in [0.2, 0.25) is 0 Å². The van der Waals surface area contributed by atoms with Crippen molar-refractivity contribution in [1.29, 1.82) is 0 Å². The number of hydrogen-bond donors (Lipinski definition) is 1. The van der Waals surface area contributed by atoms with Gasteiger partial charge in [-0.05, 0) is 49.8 Å². The van der Waals surface area contributed by atoms with E-state index < -0.39 is 0 Å². The number of fused-ring (bicyclic) bond motifs is 4. The molecule has 1 aliphatic rings. The maximum absolute atomic E-state index is 13.0. The Morgan fingerprint density at radius 1 is 1.34 bits per heavy atom. The Bertz CT molecular complexity index is 1470. The summed E-state index contributed by atoms with van der Waals surface area (Å²) in [5, 5.41) is 1.74. The molecule has 0 bridgehead atoms. The summed E-state index contributed by atoms with van der Waals surface area (Å²) in [6.45, 7) is 8.38. The van der Waals surface area contributed by atoms with E-state index in [1.54, 1.807) is 28.0 Å². The first-order chi connectivity index (χ1) is 15.5. The Labute approximate surface area is 193 Å². The Balaban J connectivity index is 1.55. The van der Waals surface area contributed by atoms with Crippen LogP contribution in [0.4, 0.5) is 0 Å². The second-order valence-electron chi connectivity index (χ2n) is 8.36. The number of aromatic amines is 1. The van der Waals surface area contributed by atoms with Gasteiger partial charge in [-0.15, -0.1) is 17.9 Å². The van der Waals surface area contributed by atoms with E-state index >= 15 is 0 Å². The SMILES string of the molecule is C=CCn1c(SC(C)c2nc3sc4c(c3c(=O)[nH]2)CCC(C)C4)nc2ccccc2c1=O. The smallest absolute Gasteiger partial charge is 0.262 e. The van der Waals surface area contributed by atoms with E-state index in [-0.39, 0.29) is 16.4 Å². The van der Waals surface area contributed by atoms with Gasteiger partial charge in [0.1, 0.15) is 10.7 Å². The molecule has 3 aromatic heterocycles. The first-order valence-electron chi connectivity index (χ1n) is 10.8. The first-order valence-corrected chi connectivity index (χ1v) is 12.5. The lowest BCUT2D eigenvalue weighted by Gasteiger charge is -2.17. The lowest BCUT2D eigenvalue weighted by molar-refractivity contribution is 0.509. The number of thioether (sulfide) groups is 1. The second-order valence-corrected chi connectivity index (χ2v) is 10.8. The summed E-state index contributed by atoms with van der Waals surface area (Å²) in [7, 11) is 0. The number of thiophene rings is 1. The number of hydrogen-bond acceptors (Lipinski definition) is 6. The van der Waals surface area contributed by atoms with Crippen LogP contribution in [0.5, 0.6) is 0 Å². The summed E-state index contributed by atoms with van der Waals surface area (Å²) >= 11 is 3.07. The Kier molecular flexibility index (Phi) is 5.51. The normalized spacial score (nSPS) is 16.9. The third-order valence-corrected chi connectivity index (χ3v) is 8.24. The van der Waals surface area contributed by atoms with Crippen LogP contribution in [0, 0.1) is 5.92 Å². The highest BCUT2D eigenvalue weighted by Crippen LogP contribution is 2.37. The van der Waals surface area contributed by atoms with Gasteiger partial charge in [0.05, 0.1) is 21.5 Å². The highest BCUT2D eigenvalue weighted by molar-refractivity contribution is 7.99. The number of rotatable bonds is 5. The fraction of sp³-hybridized carbons (Fsp3) is 0.333. The minimum Gasteiger partial charge on any atom is -0.309 e. The lowest BCUT2D eigenvalue weighted by Crippen LogP contribution is -2.23. The average Bonchev–Trinajstić information content (AvgIpc) is 3.14. The minimum absolute atomic E-state index is 0.0699. The molecule has 6 nitrogen and oxygen atoms in total. The molecule has 0 aliphatic heterocycles. The van der Waals surface area contributed by atoms with Crippen LogP contribution in [-0.2, 0) is 19.4 Å². The topological polar surface area (TPSA) is 80.6 Å². The molecule has 3 heterocycles. The molecule has 1 aliphatic carbocycles. The molecule has 1 aromatic carbocycles. The van der Waals surface area contributed by atoms with Crippen molar-refractivity contribution in [3.63, 3.8) is 0 Å². The van der Waals surface area contributed by atoms with Gasteiger partial charge in [-0.2, -0.15) is 0 Å². The average molecular weight is 465 g/mol. The standard InChI is InChI=1S/C24H24N4O2S2/c1-4-11-28-23(30)15-7-5-6-8-17(15)25-24(28)31-14(3)20-26-21(29)19-16-10-9-13(2)12-18(16)32-22(19)27-20/h4-8,13-14H,1,9-12H2,2-3H3,(H,26,27,29). The van der Waals surface area contributed by atoms with Crippen molar-refractivity contribution in [2.24, 2.45) is 5.92 Å². The van der Waals surface area contributed by atoms with Crippen molar-refractivity contribution in [1.82, 2.24) is 19.5 Å². The zero-order chi connectivity index (χ0) is 22.4. The van der Waals surface area contributed by atoms with E-state index in [1.807, 2.05) is 25.1 Å². The maximum atomic E-state index is 13.0. The number of aromatic nitrogens is 4. The van der Waals surface area contributed by atoms with Crippen LogP contribution < -0.4 is 11.1 Å². The monoisotopic (exact) mass is 464 g/mol. The number of H-pyrrole nitrogens is 1. The highest BCUT2D eigenvalue weighted by atomic mass is 32.2. The van der Waals surface area contributed by atoms with Gasteiger partial charge in [0, 0.05) is 11.4 Å². The summed E-state index contributed by atoms with van der Waals surface area (Å²) < 4.78 is 1.62. The Morgan fingerprint density at radius 3 is 2.97 bits per heavy atom. The van der Waals surface area contributed by atoms with Crippen molar-refractivity contribution < 1.29 is 0 Å². The molecular formula is C24H24N4O2S2. The largest absolute Gasteiger partial charge is 0.309 e. The first kappa shape index (κ1) is 21.2. The lowest BCUT2D eigenvalue weighted by atomic mass is 9.89. The van der Waals surface area contributed by atoms with Crippen LogP contribution in [-0.4, -0.2) is 19.5 Å². The molecule has 0 fully saturated rings.